The number of halogens is 8. The largest absolute Gasteiger partial charge is 0.406 e. The molecule has 3 heterocycles. The first-order valence-electron chi connectivity index (χ1n) is 46.8. The highest BCUT2D eigenvalue weighted by Gasteiger charge is 2.43. The van der Waals surface area contributed by atoms with Crippen molar-refractivity contribution in [3.63, 3.8) is 0 Å². The first-order valence-corrected chi connectivity index (χ1v) is 52.0. The maximum absolute atomic E-state index is 12.4. The zero-order valence-electron chi connectivity index (χ0n) is 86.0. The molecule has 3 aliphatic heterocycles. The summed E-state index contributed by atoms with van der Waals surface area (Å²) in [5.74, 6) is 4.09. The van der Waals surface area contributed by atoms with Gasteiger partial charge in [0.25, 0.3) is 0 Å². The van der Waals surface area contributed by atoms with Crippen molar-refractivity contribution in [1.29, 1.82) is 0 Å². The predicted molar refractivity (Wildman–Crippen MR) is 503 cm³/mol. The Balaban J connectivity index is -0.00000137. The summed E-state index contributed by atoms with van der Waals surface area (Å²) in [4.78, 5) is 55.6. The average Bonchev–Trinajstić information content (AvgIpc) is 1.65. The van der Waals surface area contributed by atoms with E-state index >= 15 is 0 Å². The molecule has 0 radical (unpaired) electrons. The zero-order chi connectivity index (χ0) is 98.8. The predicted octanol–water partition coefficient (Wildman–Crippen LogP) is 22.1. The third-order valence-electron chi connectivity index (χ3n) is 26.1. The Kier molecular flexibility index (Phi) is 55.6. The summed E-state index contributed by atoms with van der Waals surface area (Å²) < 4.78 is 175. The number of hydrogen-bond donors (Lipinski definition) is 0. The molecule has 125 heavy (non-hydrogen) atoms. The number of Topliss-reactive ketones (excluding diaryl/α,β-unsaturated/α-hetero) is 1. The lowest BCUT2D eigenvalue weighted by atomic mass is 9.76. The van der Waals surface area contributed by atoms with Crippen LogP contribution in [-0.4, -0.2) is 248 Å². The fourth-order valence-corrected chi connectivity index (χ4v) is 19.0. The van der Waals surface area contributed by atoms with Crippen LogP contribution in [0.5, 0.6) is 0 Å². The van der Waals surface area contributed by atoms with Crippen LogP contribution >= 0.6 is 0 Å². The van der Waals surface area contributed by atoms with E-state index in [1.807, 2.05) is 88.0 Å². The monoisotopic (exact) mass is 1870 g/mol. The van der Waals surface area contributed by atoms with E-state index in [0.29, 0.717) is 93.8 Å². The van der Waals surface area contributed by atoms with Crippen molar-refractivity contribution in [3.8, 4) is 0 Å². The quantitative estimate of drug-likeness (QED) is 0.0575. The summed E-state index contributed by atoms with van der Waals surface area (Å²) >= 11 is 0. The fourth-order valence-electron chi connectivity index (χ4n) is 15.9. The van der Waals surface area contributed by atoms with E-state index in [1.165, 1.54) is 36.9 Å². The van der Waals surface area contributed by atoms with Gasteiger partial charge >= 0.3 is 19.0 Å². The minimum atomic E-state index is -4.51. The Labute approximate surface area is 761 Å². The van der Waals surface area contributed by atoms with Gasteiger partial charge in [-0.1, -0.05) is 273 Å². The van der Waals surface area contributed by atoms with Crippen LogP contribution in [0.1, 0.15) is 332 Å². The van der Waals surface area contributed by atoms with Crippen LogP contribution in [0.15, 0.2) is 0 Å². The number of nitrogens with zero attached hydrogens (tertiary/aromatic N) is 8. The van der Waals surface area contributed by atoms with E-state index in [4.69, 9.17) is 0 Å². The van der Waals surface area contributed by atoms with Crippen LogP contribution in [0.3, 0.4) is 0 Å². The highest BCUT2D eigenvalue weighted by Crippen LogP contribution is 2.39. The van der Waals surface area contributed by atoms with Crippen molar-refractivity contribution in [2.75, 3.05) is 137 Å². The fraction of sp³-hybridized carbons (Fsp3) is 0.958. The van der Waals surface area contributed by atoms with Gasteiger partial charge in [0.15, 0.2) is 0 Å². The molecule has 5 rings (SSSR count). The lowest BCUT2D eigenvalue weighted by Crippen LogP contribution is -2.51. The summed E-state index contributed by atoms with van der Waals surface area (Å²) in [6.45, 7) is 78.1. The van der Waals surface area contributed by atoms with E-state index < -0.39 is 68.0 Å². The lowest BCUT2D eigenvalue weighted by molar-refractivity contribution is -0.162. The Morgan fingerprint density at radius 3 is 1.03 bits per heavy atom. The van der Waals surface area contributed by atoms with E-state index in [0.717, 1.165) is 153 Å². The van der Waals surface area contributed by atoms with Gasteiger partial charge in [-0.2, -0.15) is 43.7 Å². The molecule has 19 nitrogen and oxygen atoms in total. The molecule has 5 fully saturated rings. The van der Waals surface area contributed by atoms with Gasteiger partial charge in [-0.3, -0.25) is 19.3 Å². The van der Waals surface area contributed by atoms with E-state index in [-0.39, 0.29) is 69.8 Å². The number of hydrogen-bond acceptors (Lipinski definition) is 13. The molecule has 0 spiro atoms. The van der Waals surface area contributed by atoms with Gasteiger partial charge in [-0.25, -0.2) is 29.6 Å². The molecule has 2 saturated carbocycles. The normalized spacial score (nSPS) is 18.6. The van der Waals surface area contributed by atoms with Gasteiger partial charge in [-0.15, -0.1) is 0 Å². The van der Waals surface area contributed by atoms with Crippen LogP contribution in [-0.2, 0) is 54.0 Å². The van der Waals surface area contributed by atoms with Gasteiger partial charge in [0.05, 0.1) is 24.4 Å². The van der Waals surface area contributed by atoms with Crippen LogP contribution in [0.4, 0.5) is 35.1 Å². The minimum Gasteiger partial charge on any atom is -0.342 e. The molecule has 0 N–H and O–H groups in total. The number of alkyl halides is 8. The Morgan fingerprint density at radius 1 is 0.432 bits per heavy atom. The lowest BCUT2D eigenvalue weighted by Gasteiger charge is -2.39. The van der Waals surface area contributed by atoms with Gasteiger partial charge in [0.2, 0.25) is 47.8 Å². The van der Waals surface area contributed by atoms with Gasteiger partial charge in [0.1, 0.15) is 18.9 Å². The summed E-state index contributed by atoms with van der Waals surface area (Å²) in [6, 6.07) is 0. The first kappa shape index (κ1) is 126. The molecule has 748 valence electrons. The SMILES string of the molecule is CC[C@@H](CC(C)=O)C(C)(C)C.CC[C@@H](CN(C)S(C)(=O)=O)C(C)(C)C.CC[C@@H](CN(CC(F)(F)F)C(C)=O)C(C)(C)C.CC[C@@H](CN(CC(F)(F)F)S(C)(=O)=O)C(C)(C)C.CC[C@@H](CN1CCCC1=O)C(C)(C)C.CC[C@@H](CN1CCN(C(=O)C2CC2)CC1)C(C)(C)C.CC[C@@H](CN1CCN(S(=O)(=O)C2CC2)CC1)C(C)(C)C.CC[C@@H](COC(F)F)C(C)(C)C. The second kappa shape index (κ2) is 55.1. The maximum atomic E-state index is 12.4. The van der Waals surface area contributed by atoms with Crippen molar-refractivity contribution in [2.45, 2.75) is 356 Å². The number of carbonyl (C=O) groups excluding carboxylic acids is 4. The maximum Gasteiger partial charge on any atom is 0.406 e. The average molecular weight is 1870 g/mol. The molecule has 0 aromatic carbocycles. The Hall–Kier alpha value is -2.87. The number of ketones is 1. The molecular formula is C95H188F8N8O11S3. The summed E-state index contributed by atoms with van der Waals surface area (Å²) in [7, 11) is -8.21. The van der Waals surface area contributed by atoms with Gasteiger partial charge < -0.3 is 29.1 Å². The van der Waals surface area contributed by atoms with E-state index in [2.05, 4.69) is 158 Å². The van der Waals surface area contributed by atoms with Gasteiger partial charge in [0, 0.05) is 131 Å². The number of likely N-dealkylation sites (tertiary alicyclic amines) is 1. The van der Waals surface area contributed by atoms with Crippen molar-refractivity contribution in [1.82, 2.24) is 37.4 Å². The molecule has 0 bridgehead atoms. The molecule has 0 aromatic heterocycles. The minimum absolute atomic E-state index is 0.0453. The van der Waals surface area contributed by atoms with Crippen LogP contribution in [0.25, 0.3) is 0 Å². The molecule has 2 aliphatic carbocycles. The third kappa shape index (κ3) is 55.4. The molecule has 3 saturated heterocycles. The second-order valence-corrected chi connectivity index (χ2v) is 51.1. The molecule has 0 aromatic rings. The number of piperazine rings is 2. The highest BCUT2D eigenvalue weighted by atomic mass is 32.2. The van der Waals surface area contributed by atoms with Crippen molar-refractivity contribution >= 4 is 53.6 Å². The number of sulfonamides is 3. The van der Waals surface area contributed by atoms with Crippen LogP contribution in [0.2, 0.25) is 0 Å². The highest BCUT2D eigenvalue weighted by molar-refractivity contribution is 7.90. The number of amides is 3. The standard InChI is InChI=1S/C16H30N2O.C15H30N2O2S.C12H22F3NO.C12H23NO.C11H22F3NO2S.C10H23NO2S.C10H20O.C9H18F2O/c1-5-14(16(2,3)4)12-17-8-10-18(11-9-17)15(19)13-6-7-13;1-5-13(15(2,3)4)12-16-8-10-17(11-9-16)20(18,19)14-6-7-14;1-6-10(11(3,4)5)7-16(9(2)17)8-12(13,14)15;1-5-10(12(2,3)4)9-13-8-6-7-11(13)14;1-6-9(10(2,3)4)7-15(18(5,16)17)8-11(12,13)14;1-7-9(10(2,3)4)8-11(5)14(6,12)13;1-6-9(7-8(2)11)10(3,4)5;1-5-7(9(2,3)4)6-12-8(10)11/h13-14H,5-12H2,1-4H3;13-14H,5-12H2,1-4H3;10H,6-8H2,1-5H3;10H,5-9H2,1-4H3;9H,6-8H2,1-5H3;9H,7-8H2,1-6H3;9H,6-7H2,1-5H3;7-8H,5-6H2,1-4H3/t14-;13-;2*10-;3*9-;7-/m00000000/s1. The molecular weight excluding hydrogens is 1680 g/mol. The molecule has 8 atom stereocenters. The van der Waals surface area contributed by atoms with Crippen molar-refractivity contribution in [3.05, 3.63) is 0 Å². The van der Waals surface area contributed by atoms with E-state index in [1.54, 1.807) is 18.3 Å². The number of ether oxygens (including phenoxy) is 1. The van der Waals surface area contributed by atoms with Gasteiger partial charge in [-0.05, 0) is 130 Å². The smallest absolute Gasteiger partial charge is 0.342 e. The van der Waals surface area contributed by atoms with E-state index in [9.17, 15) is 79.6 Å². The summed E-state index contributed by atoms with van der Waals surface area (Å²) in [5.41, 5.74) is 1.18. The molecule has 5 aliphatic rings. The van der Waals surface area contributed by atoms with Crippen molar-refractivity contribution < 1.29 is 84.3 Å². The second-order valence-electron chi connectivity index (χ2n) is 44.8. The Morgan fingerprint density at radius 2 is 0.768 bits per heavy atom. The number of rotatable bonds is 32. The topological polar surface area (TPSA) is 206 Å². The van der Waals surface area contributed by atoms with Crippen LogP contribution in [0, 0.1) is 96.6 Å². The zero-order valence-corrected chi connectivity index (χ0v) is 88.5. The summed E-state index contributed by atoms with van der Waals surface area (Å²) in [5, 5.41) is -0.0629. The van der Waals surface area contributed by atoms with Crippen LogP contribution < -0.4 is 0 Å². The van der Waals surface area contributed by atoms with Crippen molar-refractivity contribution in [2.24, 2.45) is 96.6 Å². The third-order valence-corrected chi connectivity index (χ3v) is 31.0. The number of carbonyl (C=O) groups is 4. The molecule has 30 heteroatoms. The molecule has 3 amide bonds. The molecule has 0 unspecified atom stereocenters. The summed E-state index contributed by atoms with van der Waals surface area (Å²) in [6.07, 6.45) is 7.71. The first-order chi connectivity index (χ1) is 56.2. The Bertz CT molecular complexity index is 3360.